The van der Waals surface area contributed by atoms with E-state index in [2.05, 4.69) is 22.7 Å². The van der Waals surface area contributed by atoms with Crippen molar-refractivity contribution in [1.29, 1.82) is 0 Å². The maximum absolute atomic E-state index is 12.0. The Bertz CT molecular complexity index is 415. The Labute approximate surface area is 101 Å². The van der Waals surface area contributed by atoms with Gasteiger partial charge in [-0.3, -0.25) is 15.6 Å². The molecule has 1 aliphatic carbocycles. The Morgan fingerprint density at radius 2 is 2.35 bits per heavy atom. The summed E-state index contributed by atoms with van der Waals surface area (Å²) >= 11 is 0. The molecule has 5 heteroatoms. The van der Waals surface area contributed by atoms with Gasteiger partial charge in [0.15, 0.2) is 0 Å². The molecule has 0 saturated heterocycles. The number of nitrogens with zero attached hydrogens (tertiary/aromatic N) is 1. The second-order valence-corrected chi connectivity index (χ2v) is 4.91. The molecule has 0 aliphatic heterocycles. The summed E-state index contributed by atoms with van der Waals surface area (Å²) in [5.41, 5.74) is 3.83. The minimum absolute atomic E-state index is 0.103. The summed E-state index contributed by atoms with van der Waals surface area (Å²) in [4.78, 5) is 15.9. The van der Waals surface area contributed by atoms with Crippen molar-refractivity contribution in [2.75, 3.05) is 12.0 Å². The number of nitrogens with one attached hydrogen (secondary N) is 2. The first-order valence-electron chi connectivity index (χ1n) is 5.83. The Morgan fingerprint density at radius 1 is 1.59 bits per heavy atom. The maximum atomic E-state index is 12.0. The molecular weight excluding hydrogens is 216 g/mol. The van der Waals surface area contributed by atoms with Crippen LogP contribution in [0.1, 0.15) is 36.5 Å². The first-order valence-corrected chi connectivity index (χ1v) is 5.83. The van der Waals surface area contributed by atoms with Gasteiger partial charge < -0.3 is 10.7 Å². The third kappa shape index (κ3) is 2.55. The van der Waals surface area contributed by atoms with Crippen molar-refractivity contribution in [1.82, 2.24) is 10.3 Å². The van der Waals surface area contributed by atoms with Crippen LogP contribution in [-0.4, -0.2) is 17.4 Å². The topological polar surface area (TPSA) is 80.0 Å². The lowest BCUT2D eigenvalue weighted by atomic mass is 9.70. The van der Waals surface area contributed by atoms with Crippen LogP contribution in [0, 0.1) is 5.41 Å². The molecular formula is C12H18N4O. The van der Waals surface area contributed by atoms with Gasteiger partial charge in [-0.2, -0.15) is 0 Å². The highest BCUT2D eigenvalue weighted by Gasteiger charge is 2.32. The number of nitrogens with two attached hydrogens (primary N) is 1. The van der Waals surface area contributed by atoms with E-state index in [1.807, 2.05) is 0 Å². The number of rotatable bonds is 4. The standard InChI is InChI=1S/C12H18N4O/c1-12(4-2-5-12)8-15-11(17)9-3-6-14-7-10(9)16-13/h3,6-7,16H,2,4-5,8,13H2,1H3,(H,15,17). The van der Waals surface area contributed by atoms with E-state index in [0.29, 0.717) is 11.3 Å². The van der Waals surface area contributed by atoms with Gasteiger partial charge in [0.2, 0.25) is 0 Å². The molecule has 1 aromatic rings. The number of anilines is 1. The minimum atomic E-state index is -0.103. The Balaban J connectivity index is 1.99. The third-order valence-electron chi connectivity index (χ3n) is 3.46. The smallest absolute Gasteiger partial charge is 0.253 e. The number of carbonyl (C=O) groups is 1. The number of amides is 1. The monoisotopic (exact) mass is 234 g/mol. The lowest BCUT2D eigenvalue weighted by Crippen LogP contribution is -2.40. The molecule has 0 unspecified atom stereocenters. The second kappa shape index (κ2) is 4.71. The van der Waals surface area contributed by atoms with Gasteiger partial charge in [-0.05, 0) is 24.3 Å². The van der Waals surface area contributed by atoms with E-state index in [9.17, 15) is 4.79 Å². The molecule has 17 heavy (non-hydrogen) atoms. The summed E-state index contributed by atoms with van der Waals surface area (Å²) < 4.78 is 0. The summed E-state index contributed by atoms with van der Waals surface area (Å²) in [7, 11) is 0. The molecule has 0 aromatic carbocycles. The van der Waals surface area contributed by atoms with Crippen LogP contribution < -0.4 is 16.6 Å². The van der Waals surface area contributed by atoms with Gasteiger partial charge in [-0.15, -0.1) is 0 Å². The van der Waals surface area contributed by atoms with Crippen LogP contribution in [0.4, 0.5) is 5.69 Å². The van der Waals surface area contributed by atoms with Crippen molar-refractivity contribution < 1.29 is 4.79 Å². The molecule has 4 N–H and O–H groups in total. The van der Waals surface area contributed by atoms with Crippen molar-refractivity contribution in [2.24, 2.45) is 11.3 Å². The summed E-state index contributed by atoms with van der Waals surface area (Å²) in [5.74, 6) is 5.23. The highest BCUT2D eigenvalue weighted by atomic mass is 16.1. The zero-order chi connectivity index (χ0) is 12.3. The number of aromatic nitrogens is 1. The van der Waals surface area contributed by atoms with E-state index in [1.54, 1.807) is 18.5 Å². The molecule has 0 atom stereocenters. The molecule has 1 amide bonds. The minimum Gasteiger partial charge on any atom is -0.351 e. The highest BCUT2D eigenvalue weighted by molar-refractivity contribution is 5.99. The first kappa shape index (κ1) is 11.9. The molecule has 1 fully saturated rings. The van der Waals surface area contributed by atoms with Gasteiger partial charge in [0.25, 0.3) is 5.91 Å². The van der Waals surface area contributed by atoms with Crippen LogP contribution in [0.5, 0.6) is 0 Å². The van der Waals surface area contributed by atoms with E-state index in [4.69, 9.17) is 5.84 Å². The first-order chi connectivity index (χ1) is 8.14. The van der Waals surface area contributed by atoms with Gasteiger partial charge in [0.1, 0.15) is 0 Å². The van der Waals surface area contributed by atoms with E-state index < -0.39 is 0 Å². The third-order valence-corrected chi connectivity index (χ3v) is 3.46. The van der Waals surface area contributed by atoms with Gasteiger partial charge in [-0.25, -0.2) is 0 Å². The van der Waals surface area contributed by atoms with Crippen LogP contribution in [0.25, 0.3) is 0 Å². The second-order valence-electron chi connectivity index (χ2n) is 4.91. The van der Waals surface area contributed by atoms with E-state index in [1.165, 1.54) is 19.3 Å². The van der Waals surface area contributed by atoms with E-state index >= 15 is 0 Å². The summed E-state index contributed by atoms with van der Waals surface area (Å²) in [6.45, 7) is 2.92. The average Bonchev–Trinajstić information content (AvgIpc) is 2.33. The fraction of sp³-hybridized carbons (Fsp3) is 0.500. The predicted molar refractivity (Wildman–Crippen MR) is 66.3 cm³/mol. The molecule has 0 spiro atoms. The SMILES string of the molecule is CC1(CNC(=O)c2ccncc2NN)CCC1. The van der Waals surface area contributed by atoms with Gasteiger partial charge >= 0.3 is 0 Å². The van der Waals surface area contributed by atoms with Crippen molar-refractivity contribution in [3.05, 3.63) is 24.0 Å². The average molecular weight is 234 g/mol. The molecule has 1 aliphatic rings. The zero-order valence-corrected chi connectivity index (χ0v) is 9.99. The Morgan fingerprint density at radius 3 is 2.94 bits per heavy atom. The molecule has 5 nitrogen and oxygen atoms in total. The van der Waals surface area contributed by atoms with Crippen molar-refractivity contribution in [3.63, 3.8) is 0 Å². The van der Waals surface area contributed by atoms with Gasteiger partial charge in [0.05, 0.1) is 17.4 Å². The largest absolute Gasteiger partial charge is 0.351 e. The number of pyridine rings is 1. The van der Waals surface area contributed by atoms with Crippen LogP contribution in [-0.2, 0) is 0 Å². The number of hydrazine groups is 1. The van der Waals surface area contributed by atoms with Crippen molar-refractivity contribution in [3.8, 4) is 0 Å². The highest BCUT2D eigenvalue weighted by Crippen LogP contribution is 2.39. The lowest BCUT2D eigenvalue weighted by molar-refractivity contribution is 0.0891. The van der Waals surface area contributed by atoms with Crippen molar-refractivity contribution in [2.45, 2.75) is 26.2 Å². The fourth-order valence-electron chi connectivity index (χ4n) is 2.05. The van der Waals surface area contributed by atoms with E-state index in [-0.39, 0.29) is 11.3 Å². The Hall–Kier alpha value is -1.62. The summed E-state index contributed by atoms with van der Waals surface area (Å²) in [5, 5.41) is 2.95. The molecule has 1 heterocycles. The molecule has 1 aromatic heterocycles. The molecule has 0 radical (unpaired) electrons. The summed E-state index contributed by atoms with van der Waals surface area (Å²) in [6.07, 6.45) is 6.76. The van der Waals surface area contributed by atoms with Gasteiger partial charge in [-0.1, -0.05) is 13.3 Å². The van der Waals surface area contributed by atoms with Crippen LogP contribution in [0.2, 0.25) is 0 Å². The lowest BCUT2D eigenvalue weighted by Gasteiger charge is -2.38. The number of hydrogen-bond acceptors (Lipinski definition) is 4. The fourth-order valence-corrected chi connectivity index (χ4v) is 2.05. The molecule has 0 bridgehead atoms. The predicted octanol–water partition coefficient (Wildman–Crippen LogP) is 1.29. The quantitative estimate of drug-likeness (QED) is 0.541. The van der Waals surface area contributed by atoms with Crippen molar-refractivity contribution >= 4 is 11.6 Å². The molecule has 2 rings (SSSR count). The normalized spacial score (nSPS) is 17.1. The number of nitrogen functional groups attached to an aromatic ring is 1. The van der Waals surface area contributed by atoms with Crippen LogP contribution >= 0.6 is 0 Å². The zero-order valence-electron chi connectivity index (χ0n) is 9.99. The van der Waals surface area contributed by atoms with Crippen LogP contribution in [0.15, 0.2) is 18.5 Å². The van der Waals surface area contributed by atoms with Gasteiger partial charge in [0, 0.05) is 12.7 Å². The molecule has 92 valence electrons. The van der Waals surface area contributed by atoms with Crippen LogP contribution in [0.3, 0.4) is 0 Å². The Kier molecular flexibility index (Phi) is 3.28. The maximum Gasteiger partial charge on any atom is 0.253 e. The summed E-state index contributed by atoms with van der Waals surface area (Å²) in [6, 6.07) is 1.66. The molecule has 1 saturated carbocycles. The number of hydrogen-bond donors (Lipinski definition) is 3. The number of carbonyl (C=O) groups excluding carboxylic acids is 1. The van der Waals surface area contributed by atoms with E-state index in [0.717, 1.165) is 6.54 Å².